The maximum absolute atomic E-state index is 13.4. The van der Waals surface area contributed by atoms with Gasteiger partial charge in [0, 0.05) is 0 Å². The van der Waals surface area contributed by atoms with Crippen molar-refractivity contribution in [2.24, 2.45) is 0 Å². The summed E-state index contributed by atoms with van der Waals surface area (Å²) in [7, 11) is 0. The molecule has 6 heteroatoms. The molecule has 0 unspecified atom stereocenters. The van der Waals surface area contributed by atoms with Crippen LogP contribution in [0.5, 0.6) is 0 Å². The number of ketones is 2. The van der Waals surface area contributed by atoms with Gasteiger partial charge in [0.1, 0.15) is 5.82 Å². The molecule has 0 saturated carbocycles. The van der Waals surface area contributed by atoms with E-state index in [4.69, 9.17) is 11.6 Å². The molecule has 0 radical (unpaired) electrons. The fraction of sp³-hybridized carbons (Fsp3) is 0.250. The van der Waals surface area contributed by atoms with Gasteiger partial charge in [0.25, 0.3) is 0 Å². The molecule has 0 heterocycles. The fourth-order valence-electron chi connectivity index (χ4n) is 1.28. The molecule has 0 saturated heterocycles. The lowest BCUT2D eigenvalue weighted by Gasteiger charge is -2.04. The van der Waals surface area contributed by atoms with Gasteiger partial charge in [-0.15, -0.1) is 0 Å². The van der Waals surface area contributed by atoms with Crippen LogP contribution in [0.1, 0.15) is 23.7 Å². The van der Waals surface area contributed by atoms with Crippen molar-refractivity contribution in [3.63, 3.8) is 0 Å². The largest absolute Gasteiger partial charge is 0.460 e. The lowest BCUT2D eigenvalue weighted by molar-refractivity contribution is -0.153. The van der Waals surface area contributed by atoms with Gasteiger partial charge in [-0.1, -0.05) is 17.7 Å². The molecule has 0 amide bonds. The molecule has 0 atom stereocenters. The number of rotatable bonds is 5. The van der Waals surface area contributed by atoms with Gasteiger partial charge in [0.15, 0.2) is 5.78 Å². The summed E-state index contributed by atoms with van der Waals surface area (Å²) in [5.74, 6) is -3.82. The van der Waals surface area contributed by atoms with Gasteiger partial charge >= 0.3 is 5.97 Å². The normalized spacial score (nSPS) is 9.94. The zero-order valence-corrected chi connectivity index (χ0v) is 10.3. The van der Waals surface area contributed by atoms with Crippen molar-refractivity contribution in [1.82, 2.24) is 0 Å². The number of Topliss-reactive ketones (excluding diaryl/α,β-unsaturated/α-hetero) is 2. The molecular formula is C12H10ClFO4. The summed E-state index contributed by atoms with van der Waals surface area (Å²) >= 11 is 5.66. The molecule has 0 aliphatic heterocycles. The minimum Gasteiger partial charge on any atom is -0.460 e. The molecule has 4 nitrogen and oxygen atoms in total. The highest BCUT2D eigenvalue weighted by molar-refractivity contribution is 6.40. The van der Waals surface area contributed by atoms with Gasteiger partial charge < -0.3 is 4.74 Å². The van der Waals surface area contributed by atoms with E-state index in [0.29, 0.717) is 0 Å². The van der Waals surface area contributed by atoms with E-state index in [1.807, 2.05) is 0 Å². The van der Waals surface area contributed by atoms with E-state index in [0.717, 1.165) is 6.07 Å². The van der Waals surface area contributed by atoms with Crippen LogP contribution in [-0.4, -0.2) is 24.1 Å². The maximum Gasteiger partial charge on any atom is 0.375 e. The van der Waals surface area contributed by atoms with Gasteiger partial charge in [-0.25, -0.2) is 9.18 Å². The first kappa shape index (κ1) is 14.3. The predicted molar refractivity (Wildman–Crippen MR) is 62.0 cm³/mol. The predicted octanol–water partition coefficient (Wildman–Crippen LogP) is 2.18. The number of benzene rings is 1. The van der Waals surface area contributed by atoms with Crippen LogP contribution in [0.15, 0.2) is 18.2 Å². The van der Waals surface area contributed by atoms with Gasteiger partial charge in [-0.05, 0) is 19.1 Å². The van der Waals surface area contributed by atoms with Crippen molar-refractivity contribution in [2.75, 3.05) is 6.61 Å². The van der Waals surface area contributed by atoms with Crippen molar-refractivity contribution in [3.05, 3.63) is 34.6 Å². The van der Waals surface area contributed by atoms with E-state index in [1.165, 1.54) is 19.1 Å². The minimum atomic E-state index is -1.11. The number of esters is 1. The Morgan fingerprint density at radius 2 is 2.00 bits per heavy atom. The van der Waals surface area contributed by atoms with Gasteiger partial charge in [-0.2, -0.15) is 0 Å². The monoisotopic (exact) mass is 272 g/mol. The number of hydrogen-bond acceptors (Lipinski definition) is 4. The Bertz CT molecular complexity index is 479. The Morgan fingerprint density at radius 1 is 1.33 bits per heavy atom. The molecule has 0 aromatic heterocycles. The molecule has 1 aromatic rings. The molecule has 0 aliphatic carbocycles. The molecule has 18 heavy (non-hydrogen) atoms. The number of carbonyl (C=O) groups excluding carboxylic acids is 3. The Balaban J connectivity index is 2.83. The summed E-state index contributed by atoms with van der Waals surface area (Å²) in [6.07, 6.45) is -0.764. The lowest BCUT2D eigenvalue weighted by Crippen LogP contribution is -2.21. The van der Waals surface area contributed by atoms with Crippen LogP contribution in [-0.2, 0) is 14.3 Å². The molecule has 1 aromatic carbocycles. The number of ether oxygens (including phenoxy) is 1. The topological polar surface area (TPSA) is 60.4 Å². The smallest absolute Gasteiger partial charge is 0.375 e. The Morgan fingerprint density at radius 3 is 2.56 bits per heavy atom. The standard InChI is InChI=1S/C12H10ClFO4/c1-2-18-12(17)10(16)6-9(15)11-7(13)4-3-5-8(11)14/h3-5H,2,6H2,1H3. The molecule has 1 rings (SSSR count). The van der Waals surface area contributed by atoms with Crippen molar-refractivity contribution in [2.45, 2.75) is 13.3 Å². The van der Waals surface area contributed by atoms with Crippen LogP contribution in [0.3, 0.4) is 0 Å². The Hall–Kier alpha value is -1.75. The van der Waals surface area contributed by atoms with Crippen LogP contribution < -0.4 is 0 Å². The molecule has 0 N–H and O–H groups in total. The van der Waals surface area contributed by atoms with E-state index >= 15 is 0 Å². The van der Waals surface area contributed by atoms with Crippen molar-refractivity contribution in [1.29, 1.82) is 0 Å². The minimum absolute atomic E-state index is 0.0270. The summed E-state index contributed by atoms with van der Waals surface area (Å²) in [6, 6.07) is 3.71. The Kier molecular flexibility index (Phi) is 4.97. The number of carbonyl (C=O) groups is 3. The molecule has 0 spiro atoms. The summed E-state index contributed by atoms with van der Waals surface area (Å²) in [6.45, 7) is 1.56. The van der Waals surface area contributed by atoms with E-state index in [-0.39, 0.29) is 11.6 Å². The first-order chi connectivity index (χ1) is 8.47. The first-order valence-electron chi connectivity index (χ1n) is 5.14. The quantitative estimate of drug-likeness (QED) is 0.357. The SMILES string of the molecule is CCOC(=O)C(=O)CC(=O)c1c(F)cccc1Cl. The molecule has 0 bridgehead atoms. The third-order valence-corrected chi connectivity index (χ3v) is 2.38. The number of halogens is 2. The van der Waals surface area contributed by atoms with Crippen molar-refractivity contribution in [3.8, 4) is 0 Å². The second kappa shape index (κ2) is 6.26. The maximum atomic E-state index is 13.4. The van der Waals surface area contributed by atoms with Crippen LogP contribution in [0.2, 0.25) is 5.02 Å². The highest BCUT2D eigenvalue weighted by atomic mass is 35.5. The number of hydrogen-bond donors (Lipinski definition) is 0. The third-order valence-electron chi connectivity index (χ3n) is 2.07. The van der Waals surface area contributed by atoms with Crippen LogP contribution in [0.25, 0.3) is 0 Å². The Labute approximate surface area is 108 Å². The van der Waals surface area contributed by atoms with Crippen LogP contribution in [0, 0.1) is 5.82 Å². The molecule has 0 fully saturated rings. The summed E-state index contributed by atoms with van der Waals surface area (Å²) < 4.78 is 17.8. The highest BCUT2D eigenvalue weighted by Gasteiger charge is 2.23. The average Bonchev–Trinajstić information content (AvgIpc) is 2.28. The molecular weight excluding hydrogens is 263 g/mol. The van der Waals surface area contributed by atoms with Crippen LogP contribution in [0.4, 0.5) is 4.39 Å². The average molecular weight is 273 g/mol. The van der Waals surface area contributed by atoms with E-state index in [1.54, 1.807) is 0 Å². The first-order valence-corrected chi connectivity index (χ1v) is 5.52. The molecule has 0 aliphatic rings. The van der Waals surface area contributed by atoms with Gasteiger partial charge in [0.2, 0.25) is 5.78 Å². The second-order valence-corrected chi connectivity index (χ2v) is 3.75. The van der Waals surface area contributed by atoms with Crippen LogP contribution >= 0.6 is 11.6 Å². The van der Waals surface area contributed by atoms with E-state index in [9.17, 15) is 18.8 Å². The lowest BCUT2D eigenvalue weighted by atomic mass is 10.1. The van der Waals surface area contributed by atoms with E-state index < -0.39 is 35.3 Å². The fourth-order valence-corrected chi connectivity index (χ4v) is 1.55. The molecule has 96 valence electrons. The second-order valence-electron chi connectivity index (χ2n) is 3.34. The van der Waals surface area contributed by atoms with Crippen molar-refractivity contribution < 1.29 is 23.5 Å². The zero-order chi connectivity index (χ0) is 13.7. The van der Waals surface area contributed by atoms with Gasteiger partial charge in [-0.3, -0.25) is 9.59 Å². The van der Waals surface area contributed by atoms with E-state index in [2.05, 4.69) is 4.74 Å². The zero-order valence-electron chi connectivity index (χ0n) is 9.54. The summed E-state index contributed by atoms with van der Waals surface area (Å²) in [5.41, 5.74) is -0.392. The van der Waals surface area contributed by atoms with Crippen molar-refractivity contribution >= 4 is 29.1 Å². The third kappa shape index (κ3) is 3.37. The summed E-state index contributed by atoms with van der Waals surface area (Å²) in [4.78, 5) is 34.0. The van der Waals surface area contributed by atoms with Gasteiger partial charge in [0.05, 0.1) is 23.6 Å². The highest BCUT2D eigenvalue weighted by Crippen LogP contribution is 2.20. The summed E-state index contributed by atoms with van der Waals surface area (Å²) in [5, 5.41) is -0.100.